The molecule has 0 aromatic heterocycles. The third kappa shape index (κ3) is 2.30. The molecule has 1 fully saturated rings. The predicted molar refractivity (Wildman–Crippen MR) is 75.9 cm³/mol. The Morgan fingerprint density at radius 1 is 1.05 bits per heavy atom. The average Bonchev–Trinajstić information content (AvgIpc) is 2.85. The van der Waals surface area contributed by atoms with Crippen molar-refractivity contribution in [1.29, 1.82) is 0 Å². The Hall–Kier alpha value is -1.62. The summed E-state index contributed by atoms with van der Waals surface area (Å²) in [6, 6.07) is 4.48. The Labute approximate surface area is 113 Å². The van der Waals surface area contributed by atoms with Crippen molar-refractivity contribution in [2.24, 2.45) is 0 Å². The molecule has 1 saturated heterocycles. The van der Waals surface area contributed by atoms with Crippen LogP contribution in [0.2, 0.25) is 0 Å². The van der Waals surface area contributed by atoms with Gasteiger partial charge in [-0.25, -0.2) is 0 Å². The number of fused-ring (bicyclic) bond motifs is 1. The van der Waals surface area contributed by atoms with Crippen molar-refractivity contribution in [2.75, 3.05) is 43.6 Å². The first-order chi connectivity index (χ1) is 9.15. The van der Waals surface area contributed by atoms with E-state index in [1.54, 1.807) is 0 Å². The van der Waals surface area contributed by atoms with E-state index in [4.69, 9.17) is 15.2 Å². The van der Waals surface area contributed by atoms with Gasteiger partial charge in [0.15, 0.2) is 11.5 Å². The summed E-state index contributed by atoms with van der Waals surface area (Å²) >= 11 is 0. The van der Waals surface area contributed by atoms with E-state index >= 15 is 0 Å². The van der Waals surface area contributed by atoms with Crippen LogP contribution in [0.1, 0.15) is 13.8 Å². The van der Waals surface area contributed by atoms with Gasteiger partial charge in [0.25, 0.3) is 0 Å². The van der Waals surface area contributed by atoms with E-state index in [0.29, 0.717) is 12.8 Å². The molecule has 0 amide bonds. The van der Waals surface area contributed by atoms with Gasteiger partial charge < -0.3 is 20.1 Å². The lowest BCUT2D eigenvalue weighted by Gasteiger charge is -2.38. The molecule has 0 atom stereocenters. The van der Waals surface area contributed by atoms with Gasteiger partial charge in [0.2, 0.25) is 6.79 Å². The second kappa shape index (κ2) is 4.81. The molecule has 5 heteroatoms. The van der Waals surface area contributed by atoms with Crippen LogP contribution in [-0.2, 0) is 0 Å². The maximum Gasteiger partial charge on any atom is 0.231 e. The van der Waals surface area contributed by atoms with Gasteiger partial charge in [0.05, 0.1) is 11.4 Å². The first kappa shape index (κ1) is 12.4. The first-order valence-electron chi connectivity index (χ1n) is 6.83. The molecule has 0 bridgehead atoms. The van der Waals surface area contributed by atoms with Crippen molar-refractivity contribution in [1.82, 2.24) is 4.90 Å². The molecule has 0 unspecified atom stereocenters. The summed E-state index contributed by atoms with van der Waals surface area (Å²) in [5.74, 6) is 1.55. The Morgan fingerprint density at radius 3 is 2.32 bits per heavy atom. The van der Waals surface area contributed by atoms with Crippen molar-refractivity contribution in [3.63, 3.8) is 0 Å². The summed E-state index contributed by atoms with van der Waals surface area (Å²) in [5.41, 5.74) is 7.96. The molecule has 104 valence electrons. The SMILES string of the molecule is CC(C)N1CCN(c2cc3c(cc2N)OCO3)CC1. The Balaban J connectivity index is 1.77. The molecule has 1 aromatic carbocycles. The van der Waals surface area contributed by atoms with Crippen LogP contribution in [0.5, 0.6) is 11.5 Å². The second-order valence-corrected chi connectivity index (χ2v) is 5.38. The summed E-state index contributed by atoms with van der Waals surface area (Å²) in [6.45, 7) is 8.93. The summed E-state index contributed by atoms with van der Waals surface area (Å²) in [5, 5.41) is 0. The van der Waals surface area contributed by atoms with Crippen LogP contribution in [-0.4, -0.2) is 43.9 Å². The van der Waals surface area contributed by atoms with Crippen LogP contribution in [0.4, 0.5) is 11.4 Å². The maximum atomic E-state index is 6.13. The van der Waals surface area contributed by atoms with Crippen LogP contribution in [0, 0.1) is 0 Å². The second-order valence-electron chi connectivity index (χ2n) is 5.38. The van der Waals surface area contributed by atoms with Crippen molar-refractivity contribution < 1.29 is 9.47 Å². The number of hydrogen-bond acceptors (Lipinski definition) is 5. The van der Waals surface area contributed by atoms with Gasteiger partial charge in [-0.05, 0) is 13.8 Å². The van der Waals surface area contributed by atoms with Crippen molar-refractivity contribution in [3.8, 4) is 11.5 Å². The maximum absolute atomic E-state index is 6.13. The minimum atomic E-state index is 0.291. The van der Waals surface area contributed by atoms with Crippen molar-refractivity contribution in [2.45, 2.75) is 19.9 Å². The molecule has 3 rings (SSSR count). The summed E-state index contributed by atoms with van der Waals surface area (Å²) in [4.78, 5) is 4.82. The van der Waals surface area contributed by atoms with E-state index in [0.717, 1.165) is 49.1 Å². The van der Waals surface area contributed by atoms with E-state index < -0.39 is 0 Å². The Morgan fingerprint density at radius 2 is 1.68 bits per heavy atom. The van der Waals surface area contributed by atoms with E-state index in [-0.39, 0.29) is 0 Å². The minimum Gasteiger partial charge on any atom is -0.454 e. The fourth-order valence-electron chi connectivity index (χ4n) is 2.70. The highest BCUT2D eigenvalue weighted by atomic mass is 16.7. The van der Waals surface area contributed by atoms with Crippen LogP contribution in [0.3, 0.4) is 0 Å². The standard InChI is InChI=1S/C14H21N3O2/c1-10(2)16-3-5-17(6-4-16)12-8-14-13(7-11(12)15)18-9-19-14/h7-8,10H,3-6,9,15H2,1-2H3. The van der Waals surface area contributed by atoms with Crippen LogP contribution in [0.15, 0.2) is 12.1 Å². The zero-order chi connectivity index (χ0) is 13.4. The lowest BCUT2D eigenvalue weighted by molar-refractivity contribution is 0.174. The largest absolute Gasteiger partial charge is 0.454 e. The highest BCUT2D eigenvalue weighted by molar-refractivity contribution is 5.73. The summed E-state index contributed by atoms with van der Waals surface area (Å²) in [6.07, 6.45) is 0. The molecular weight excluding hydrogens is 242 g/mol. The normalized spacial score (nSPS) is 19.2. The molecule has 2 N–H and O–H groups in total. The smallest absolute Gasteiger partial charge is 0.231 e. The molecule has 1 aromatic rings. The molecule has 2 aliphatic rings. The van der Waals surface area contributed by atoms with Gasteiger partial charge >= 0.3 is 0 Å². The van der Waals surface area contributed by atoms with E-state index in [2.05, 4.69) is 23.6 Å². The fraction of sp³-hybridized carbons (Fsp3) is 0.571. The van der Waals surface area contributed by atoms with Crippen LogP contribution >= 0.6 is 0 Å². The van der Waals surface area contributed by atoms with Gasteiger partial charge in [-0.2, -0.15) is 0 Å². The Kier molecular flexibility index (Phi) is 3.14. The molecular formula is C14H21N3O2. The van der Waals surface area contributed by atoms with Crippen molar-refractivity contribution >= 4 is 11.4 Å². The highest BCUT2D eigenvalue weighted by Gasteiger charge is 2.23. The number of nitrogen functional groups attached to an aromatic ring is 1. The molecule has 2 aliphatic heterocycles. The zero-order valence-electron chi connectivity index (χ0n) is 11.6. The number of ether oxygens (including phenoxy) is 2. The van der Waals surface area contributed by atoms with E-state index in [1.165, 1.54) is 0 Å². The lowest BCUT2D eigenvalue weighted by atomic mass is 10.2. The van der Waals surface area contributed by atoms with E-state index in [1.807, 2.05) is 12.1 Å². The predicted octanol–water partition coefficient (Wildman–Crippen LogP) is 1.53. The number of benzene rings is 1. The summed E-state index contributed by atoms with van der Waals surface area (Å²) in [7, 11) is 0. The number of piperazine rings is 1. The van der Waals surface area contributed by atoms with Crippen LogP contribution in [0.25, 0.3) is 0 Å². The average molecular weight is 263 g/mol. The van der Waals surface area contributed by atoms with E-state index in [9.17, 15) is 0 Å². The minimum absolute atomic E-state index is 0.291. The van der Waals surface area contributed by atoms with Crippen LogP contribution < -0.4 is 20.1 Å². The lowest BCUT2D eigenvalue weighted by Crippen LogP contribution is -2.49. The van der Waals surface area contributed by atoms with Gasteiger partial charge in [-0.1, -0.05) is 0 Å². The zero-order valence-corrected chi connectivity index (χ0v) is 11.6. The monoisotopic (exact) mass is 263 g/mol. The van der Waals surface area contributed by atoms with Crippen molar-refractivity contribution in [3.05, 3.63) is 12.1 Å². The molecule has 0 spiro atoms. The highest BCUT2D eigenvalue weighted by Crippen LogP contribution is 2.40. The number of nitrogens with two attached hydrogens (primary N) is 1. The molecule has 0 saturated carbocycles. The third-order valence-corrected chi connectivity index (χ3v) is 3.91. The molecule has 2 heterocycles. The number of anilines is 2. The summed E-state index contributed by atoms with van der Waals surface area (Å²) < 4.78 is 10.8. The van der Waals surface area contributed by atoms with Gasteiger partial charge in [0.1, 0.15) is 0 Å². The molecule has 0 aliphatic carbocycles. The molecule has 5 nitrogen and oxygen atoms in total. The number of rotatable bonds is 2. The number of nitrogens with zero attached hydrogens (tertiary/aromatic N) is 2. The van der Waals surface area contributed by atoms with Gasteiger partial charge in [-0.15, -0.1) is 0 Å². The molecule has 0 radical (unpaired) electrons. The quantitative estimate of drug-likeness (QED) is 0.820. The molecule has 19 heavy (non-hydrogen) atoms. The topological polar surface area (TPSA) is 51.0 Å². The van der Waals surface area contributed by atoms with Gasteiger partial charge in [-0.3, -0.25) is 4.90 Å². The fourth-order valence-corrected chi connectivity index (χ4v) is 2.70. The third-order valence-electron chi connectivity index (χ3n) is 3.91. The van der Waals surface area contributed by atoms with Gasteiger partial charge in [0, 0.05) is 44.4 Å². The number of hydrogen-bond donors (Lipinski definition) is 1. The Bertz CT molecular complexity index is 468. The first-order valence-corrected chi connectivity index (χ1v) is 6.83.